The minimum absolute atomic E-state index is 0.0141. The lowest BCUT2D eigenvalue weighted by atomic mass is 10.1. The maximum atomic E-state index is 11.9. The van der Waals surface area contributed by atoms with Crippen LogP contribution in [0.4, 0.5) is 0 Å². The highest BCUT2D eigenvalue weighted by Crippen LogP contribution is 2.29. The van der Waals surface area contributed by atoms with Gasteiger partial charge in [0.2, 0.25) is 5.91 Å². The highest BCUT2D eigenvalue weighted by Gasteiger charge is 2.23. The quantitative estimate of drug-likeness (QED) is 0.785. The lowest BCUT2D eigenvalue weighted by molar-refractivity contribution is -0.132. The highest BCUT2D eigenvalue weighted by molar-refractivity contribution is 5.80. The van der Waals surface area contributed by atoms with Gasteiger partial charge in [-0.1, -0.05) is 24.3 Å². The van der Waals surface area contributed by atoms with Crippen molar-refractivity contribution in [1.29, 1.82) is 0 Å². The number of benzene rings is 1. The van der Waals surface area contributed by atoms with Gasteiger partial charge in [0, 0.05) is 6.54 Å². The Morgan fingerprint density at radius 1 is 1.42 bits per heavy atom. The molecule has 0 saturated heterocycles. The molecule has 4 nitrogen and oxygen atoms in total. The fourth-order valence-corrected chi connectivity index (χ4v) is 1.85. The second-order valence-corrected chi connectivity index (χ2v) is 5.06. The zero-order valence-corrected chi connectivity index (χ0v) is 11.3. The van der Waals surface area contributed by atoms with Gasteiger partial charge in [-0.25, -0.2) is 0 Å². The lowest BCUT2D eigenvalue weighted by Gasteiger charge is -2.14. The summed E-state index contributed by atoms with van der Waals surface area (Å²) < 4.78 is 5.51. The van der Waals surface area contributed by atoms with E-state index < -0.39 is 6.10 Å². The Morgan fingerprint density at radius 3 is 2.74 bits per heavy atom. The van der Waals surface area contributed by atoms with E-state index in [1.165, 1.54) is 12.8 Å². The second kappa shape index (κ2) is 6.68. The number of hydrogen-bond acceptors (Lipinski definition) is 3. The Bertz CT molecular complexity index is 429. The van der Waals surface area contributed by atoms with E-state index in [1.807, 2.05) is 24.3 Å². The van der Waals surface area contributed by atoms with E-state index >= 15 is 0 Å². The summed E-state index contributed by atoms with van der Waals surface area (Å²) in [5.41, 5.74) is 1.78. The molecular weight excluding hydrogens is 242 g/mol. The Balaban J connectivity index is 1.78. The average molecular weight is 263 g/mol. The molecule has 0 bridgehead atoms. The summed E-state index contributed by atoms with van der Waals surface area (Å²) in [6, 6.07) is 7.53. The van der Waals surface area contributed by atoms with Crippen LogP contribution in [0.3, 0.4) is 0 Å². The van der Waals surface area contributed by atoms with Gasteiger partial charge in [-0.2, -0.15) is 0 Å². The number of ether oxygens (including phenoxy) is 1. The molecule has 1 unspecified atom stereocenters. The number of amides is 1. The van der Waals surface area contributed by atoms with Gasteiger partial charge in [0.15, 0.2) is 0 Å². The standard InChI is InChI=1S/C15H21NO3/c1-11(19-10-12-6-7-12)15(18)16-8-13-4-2-3-5-14(13)9-17/h2-5,11-12,17H,6-10H2,1H3,(H,16,18). The smallest absolute Gasteiger partial charge is 0.249 e. The number of nitrogens with one attached hydrogen (secondary N) is 1. The highest BCUT2D eigenvalue weighted by atomic mass is 16.5. The van der Waals surface area contributed by atoms with Gasteiger partial charge in [-0.05, 0) is 36.8 Å². The molecule has 1 amide bonds. The molecule has 1 aromatic rings. The molecule has 0 aliphatic heterocycles. The van der Waals surface area contributed by atoms with Gasteiger partial charge >= 0.3 is 0 Å². The topological polar surface area (TPSA) is 58.6 Å². The molecule has 1 atom stereocenters. The van der Waals surface area contributed by atoms with Crippen LogP contribution in [0.5, 0.6) is 0 Å². The first-order valence-electron chi connectivity index (χ1n) is 6.77. The molecular formula is C15H21NO3. The number of aliphatic hydroxyl groups excluding tert-OH is 1. The molecule has 2 N–H and O–H groups in total. The van der Waals surface area contributed by atoms with E-state index in [4.69, 9.17) is 4.74 Å². The van der Waals surface area contributed by atoms with E-state index in [0.717, 1.165) is 11.1 Å². The van der Waals surface area contributed by atoms with Gasteiger partial charge in [0.25, 0.3) is 0 Å². The number of carbonyl (C=O) groups is 1. The van der Waals surface area contributed by atoms with Gasteiger partial charge < -0.3 is 15.2 Å². The summed E-state index contributed by atoms with van der Waals surface area (Å²) in [4.78, 5) is 11.9. The summed E-state index contributed by atoms with van der Waals surface area (Å²) in [5.74, 6) is 0.554. The van der Waals surface area contributed by atoms with Crippen molar-refractivity contribution >= 4 is 5.91 Å². The fraction of sp³-hybridized carbons (Fsp3) is 0.533. The van der Waals surface area contributed by atoms with Crippen molar-refractivity contribution in [3.8, 4) is 0 Å². The van der Waals surface area contributed by atoms with E-state index in [9.17, 15) is 9.90 Å². The van der Waals surface area contributed by atoms with Gasteiger partial charge in [0.1, 0.15) is 6.10 Å². The fourth-order valence-electron chi connectivity index (χ4n) is 1.85. The summed E-state index contributed by atoms with van der Waals surface area (Å²) in [6.07, 6.45) is 2.03. The van der Waals surface area contributed by atoms with Crippen LogP contribution in [0.2, 0.25) is 0 Å². The Hall–Kier alpha value is -1.39. The third-order valence-electron chi connectivity index (χ3n) is 3.39. The third-order valence-corrected chi connectivity index (χ3v) is 3.39. The van der Waals surface area contributed by atoms with Crippen molar-refractivity contribution < 1.29 is 14.6 Å². The van der Waals surface area contributed by atoms with Crippen LogP contribution in [0.25, 0.3) is 0 Å². The maximum Gasteiger partial charge on any atom is 0.249 e. The average Bonchev–Trinajstić information content (AvgIpc) is 3.26. The van der Waals surface area contributed by atoms with Crippen LogP contribution in [-0.4, -0.2) is 23.7 Å². The molecule has 0 spiro atoms. The molecule has 1 aromatic carbocycles. The number of rotatable bonds is 7. The monoisotopic (exact) mass is 263 g/mol. The van der Waals surface area contributed by atoms with E-state index in [-0.39, 0.29) is 12.5 Å². The molecule has 4 heteroatoms. The summed E-state index contributed by atoms with van der Waals surface area (Å²) >= 11 is 0. The number of carbonyl (C=O) groups excluding carboxylic acids is 1. The van der Waals surface area contributed by atoms with Crippen LogP contribution in [-0.2, 0) is 22.7 Å². The molecule has 2 rings (SSSR count). The van der Waals surface area contributed by atoms with E-state index in [1.54, 1.807) is 6.92 Å². The maximum absolute atomic E-state index is 11.9. The molecule has 0 aromatic heterocycles. The van der Waals surface area contributed by atoms with Crippen molar-refractivity contribution in [2.45, 2.75) is 39.0 Å². The van der Waals surface area contributed by atoms with Gasteiger partial charge in [0.05, 0.1) is 13.2 Å². The first-order chi connectivity index (χ1) is 9.20. The van der Waals surface area contributed by atoms with Crippen molar-refractivity contribution in [1.82, 2.24) is 5.32 Å². The Labute approximate surface area is 113 Å². The largest absolute Gasteiger partial charge is 0.392 e. The van der Waals surface area contributed by atoms with Crippen molar-refractivity contribution in [2.75, 3.05) is 6.61 Å². The second-order valence-electron chi connectivity index (χ2n) is 5.06. The van der Waals surface area contributed by atoms with Crippen molar-refractivity contribution in [3.05, 3.63) is 35.4 Å². The van der Waals surface area contributed by atoms with Crippen LogP contribution in [0.1, 0.15) is 30.9 Å². The van der Waals surface area contributed by atoms with E-state index in [0.29, 0.717) is 19.1 Å². The van der Waals surface area contributed by atoms with Crippen LogP contribution < -0.4 is 5.32 Å². The summed E-state index contributed by atoms with van der Waals surface area (Å²) in [6.45, 7) is 2.87. The van der Waals surface area contributed by atoms with E-state index in [2.05, 4.69) is 5.32 Å². The zero-order chi connectivity index (χ0) is 13.7. The summed E-state index contributed by atoms with van der Waals surface area (Å²) in [7, 11) is 0. The predicted molar refractivity (Wildman–Crippen MR) is 72.3 cm³/mol. The molecule has 1 fully saturated rings. The molecule has 19 heavy (non-hydrogen) atoms. The SMILES string of the molecule is CC(OCC1CC1)C(=O)NCc1ccccc1CO. The van der Waals surface area contributed by atoms with Crippen molar-refractivity contribution in [3.63, 3.8) is 0 Å². The van der Waals surface area contributed by atoms with Crippen LogP contribution in [0, 0.1) is 5.92 Å². The molecule has 1 aliphatic carbocycles. The first kappa shape index (κ1) is 14.0. The molecule has 1 aliphatic rings. The normalized spacial score (nSPS) is 16.1. The molecule has 0 heterocycles. The molecule has 1 saturated carbocycles. The van der Waals surface area contributed by atoms with Gasteiger partial charge in [-0.3, -0.25) is 4.79 Å². The lowest BCUT2D eigenvalue weighted by Crippen LogP contribution is -2.34. The Kier molecular flexibility index (Phi) is 4.93. The van der Waals surface area contributed by atoms with Crippen LogP contribution in [0.15, 0.2) is 24.3 Å². The zero-order valence-electron chi connectivity index (χ0n) is 11.3. The predicted octanol–water partition coefficient (Wildman–Crippen LogP) is 1.61. The first-order valence-corrected chi connectivity index (χ1v) is 6.77. The van der Waals surface area contributed by atoms with Crippen molar-refractivity contribution in [2.24, 2.45) is 5.92 Å². The Morgan fingerprint density at radius 2 is 2.11 bits per heavy atom. The minimum Gasteiger partial charge on any atom is -0.392 e. The van der Waals surface area contributed by atoms with Gasteiger partial charge in [-0.15, -0.1) is 0 Å². The molecule has 104 valence electrons. The molecule has 0 radical (unpaired) electrons. The third kappa shape index (κ3) is 4.33. The summed E-state index contributed by atoms with van der Waals surface area (Å²) in [5, 5.41) is 12.1. The number of hydrogen-bond donors (Lipinski definition) is 2. The number of aliphatic hydroxyl groups is 1. The van der Waals surface area contributed by atoms with Crippen LogP contribution >= 0.6 is 0 Å². The minimum atomic E-state index is -0.415.